The third kappa shape index (κ3) is 3.32. The number of imidazole rings is 1. The van der Waals surface area contributed by atoms with Crippen LogP contribution in [0.2, 0.25) is 0 Å². The molecule has 0 fully saturated rings. The van der Waals surface area contributed by atoms with Gasteiger partial charge in [-0.15, -0.1) is 0 Å². The zero-order valence-electron chi connectivity index (χ0n) is 11.3. The molecule has 108 valence electrons. The number of nitrogens with one attached hydrogen (secondary N) is 1. The number of nitrogens with two attached hydrogens (primary N) is 1. The molecule has 0 aliphatic heterocycles. The molecule has 3 aromatic rings. The number of aromatic nitrogens is 7. The van der Waals surface area contributed by atoms with Gasteiger partial charge in [0.25, 0.3) is 5.95 Å². The quantitative estimate of drug-likeness (QED) is 0.628. The van der Waals surface area contributed by atoms with Crippen molar-refractivity contribution in [3.05, 3.63) is 37.2 Å². The Kier molecular flexibility index (Phi) is 3.72. The number of nitrogen functional groups attached to an aromatic ring is 1. The van der Waals surface area contributed by atoms with Crippen LogP contribution < -0.4 is 11.1 Å². The molecular formula is C12H15N9. The van der Waals surface area contributed by atoms with Crippen molar-refractivity contribution in [1.29, 1.82) is 0 Å². The SMILES string of the molecule is Nc1nc(NCCCn2ccnc2)nc(-n2cccn2)n1. The third-order valence-electron chi connectivity index (χ3n) is 2.79. The minimum Gasteiger partial charge on any atom is -0.368 e. The van der Waals surface area contributed by atoms with Gasteiger partial charge in [0.05, 0.1) is 6.33 Å². The van der Waals surface area contributed by atoms with E-state index in [1.807, 2.05) is 10.8 Å². The topological polar surface area (TPSA) is 112 Å². The van der Waals surface area contributed by atoms with Crippen LogP contribution in [-0.2, 0) is 6.54 Å². The van der Waals surface area contributed by atoms with Crippen molar-refractivity contribution in [1.82, 2.24) is 34.3 Å². The summed E-state index contributed by atoms with van der Waals surface area (Å²) in [5.41, 5.74) is 5.69. The Balaban J connectivity index is 1.60. The van der Waals surface area contributed by atoms with Gasteiger partial charge in [-0.25, -0.2) is 9.67 Å². The maximum atomic E-state index is 5.69. The van der Waals surface area contributed by atoms with E-state index in [9.17, 15) is 0 Å². The first-order valence-electron chi connectivity index (χ1n) is 6.52. The van der Waals surface area contributed by atoms with Gasteiger partial charge < -0.3 is 15.6 Å². The zero-order chi connectivity index (χ0) is 14.5. The molecule has 0 saturated carbocycles. The fraction of sp³-hybridized carbons (Fsp3) is 0.250. The average molecular weight is 285 g/mol. The van der Waals surface area contributed by atoms with Crippen molar-refractivity contribution in [3.8, 4) is 5.95 Å². The minimum atomic E-state index is 0.160. The Hall–Kier alpha value is -2.97. The first-order chi connectivity index (χ1) is 10.3. The van der Waals surface area contributed by atoms with Crippen LogP contribution in [0.1, 0.15) is 6.42 Å². The normalized spacial score (nSPS) is 10.7. The van der Waals surface area contributed by atoms with Crippen molar-refractivity contribution >= 4 is 11.9 Å². The molecule has 0 saturated heterocycles. The van der Waals surface area contributed by atoms with Crippen molar-refractivity contribution in [2.24, 2.45) is 0 Å². The molecular weight excluding hydrogens is 270 g/mol. The first-order valence-corrected chi connectivity index (χ1v) is 6.52. The number of hydrogen-bond acceptors (Lipinski definition) is 7. The largest absolute Gasteiger partial charge is 0.368 e. The highest BCUT2D eigenvalue weighted by molar-refractivity contribution is 5.34. The fourth-order valence-electron chi connectivity index (χ4n) is 1.83. The van der Waals surface area contributed by atoms with Crippen LogP contribution in [0.3, 0.4) is 0 Å². The van der Waals surface area contributed by atoms with E-state index in [0.717, 1.165) is 19.5 Å². The Labute approximate surface area is 120 Å². The van der Waals surface area contributed by atoms with Crippen LogP contribution in [-0.4, -0.2) is 40.8 Å². The first kappa shape index (κ1) is 13.0. The molecule has 0 radical (unpaired) electrons. The zero-order valence-corrected chi connectivity index (χ0v) is 11.3. The van der Waals surface area contributed by atoms with Crippen LogP contribution >= 0.6 is 0 Å². The second kappa shape index (κ2) is 5.99. The predicted octanol–water partition coefficient (Wildman–Crippen LogP) is 0.338. The molecule has 0 aliphatic carbocycles. The van der Waals surface area contributed by atoms with Crippen LogP contribution in [0.5, 0.6) is 0 Å². The average Bonchev–Trinajstić information content (AvgIpc) is 3.16. The van der Waals surface area contributed by atoms with E-state index in [0.29, 0.717) is 11.9 Å². The van der Waals surface area contributed by atoms with Gasteiger partial charge >= 0.3 is 0 Å². The summed E-state index contributed by atoms with van der Waals surface area (Å²) < 4.78 is 3.55. The number of anilines is 2. The molecule has 3 rings (SSSR count). The van der Waals surface area contributed by atoms with Crippen LogP contribution in [0, 0.1) is 0 Å². The van der Waals surface area contributed by atoms with Crippen LogP contribution in [0.4, 0.5) is 11.9 Å². The van der Waals surface area contributed by atoms with Crippen molar-refractivity contribution in [2.45, 2.75) is 13.0 Å². The van der Waals surface area contributed by atoms with Gasteiger partial charge in [0.2, 0.25) is 11.9 Å². The lowest BCUT2D eigenvalue weighted by atomic mass is 10.4. The predicted molar refractivity (Wildman–Crippen MR) is 76.7 cm³/mol. The number of nitrogens with zero attached hydrogens (tertiary/aromatic N) is 7. The molecule has 0 spiro atoms. The van der Waals surface area contributed by atoms with Gasteiger partial charge in [-0.1, -0.05) is 0 Å². The molecule has 0 aliphatic rings. The smallest absolute Gasteiger partial charge is 0.257 e. The van der Waals surface area contributed by atoms with E-state index in [4.69, 9.17) is 5.73 Å². The maximum absolute atomic E-state index is 5.69. The summed E-state index contributed by atoms with van der Waals surface area (Å²) in [6.07, 6.45) is 9.79. The molecule has 0 bridgehead atoms. The molecule has 9 nitrogen and oxygen atoms in total. The maximum Gasteiger partial charge on any atom is 0.257 e. The Bertz CT molecular complexity index is 675. The molecule has 21 heavy (non-hydrogen) atoms. The van der Waals surface area contributed by atoms with Crippen molar-refractivity contribution in [3.63, 3.8) is 0 Å². The minimum absolute atomic E-state index is 0.160. The molecule has 0 aromatic carbocycles. The molecule has 3 N–H and O–H groups in total. The second-order valence-corrected chi connectivity index (χ2v) is 4.35. The van der Waals surface area contributed by atoms with E-state index < -0.39 is 0 Å². The van der Waals surface area contributed by atoms with E-state index >= 15 is 0 Å². The van der Waals surface area contributed by atoms with Gasteiger partial charge in [-0.2, -0.15) is 20.1 Å². The van der Waals surface area contributed by atoms with Gasteiger partial charge in [0, 0.05) is 37.9 Å². The summed E-state index contributed by atoms with van der Waals surface area (Å²) in [6.45, 7) is 1.60. The monoisotopic (exact) mass is 285 g/mol. The van der Waals surface area contributed by atoms with Gasteiger partial charge in [-0.05, 0) is 12.5 Å². The van der Waals surface area contributed by atoms with E-state index in [1.54, 1.807) is 31.0 Å². The van der Waals surface area contributed by atoms with E-state index in [2.05, 4.69) is 30.4 Å². The van der Waals surface area contributed by atoms with Gasteiger partial charge in [0.15, 0.2) is 0 Å². The van der Waals surface area contributed by atoms with Crippen LogP contribution in [0.25, 0.3) is 5.95 Å². The Morgan fingerprint density at radius 1 is 1.14 bits per heavy atom. The molecule has 0 atom stereocenters. The Morgan fingerprint density at radius 2 is 2.10 bits per heavy atom. The summed E-state index contributed by atoms with van der Waals surface area (Å²) >= 11 is 0. The summed E-state index contributed by atoms with van der Waals surface area (Å²) in [5.74, 6) is 0.996. The number of aryl methyl sites for hydroxylation is 1. The molecule has 0 unspecified atom stereocenters. The fourth-order valence-corrected chi connectivity index (χ4v) is 1.83. The van der Waals surface area contributed by atoms with Crippen molar-refractivity contribution < 1.29 is 0 Å². The summed E-state index contributed by atoms with van der Waals surface area (Å²) in [7, 11) is 0. The van der Waals surface area contributed by atoms with E-state index in [1.165, 1.54) is 4.68 Å². The number of hydrogen-bond donors (Lipinski definition) is 2. The summed E-state index contributed by atoms with van der Waals surface area (Å²) in [5, 5.41) is 7.20. The third-order valence-corrected chi connectivity index (χ3v) is 2.79. The lowest BCUT2D eigenvalue weighted by molar-refractivity contribution is 0.658. The highest BCUT2D eigenvalue weighted by Crippen LogP contribution is 2.06. The number of rotatable bonds is 6. The lowest BCUT2D eigenvalue weighted by Gasteiger charge is -2.07. The highest BCUT2D eigenvalue weighted by atomic mass is 15.4. The standard InChI is InChI=1S/C12H15N9/c13-10-17-11(15-3-1-6-20-8-5-14-9-20)19-12(18-10)21-7-2-4-16-21/h2,4-5,7-9H,1,3,6H2,(H3,13,15,17,18,19). The highest BCUT2D eigenvalue weighted by Gasteiger charge is 2.06. The van der Waals surface area contributed by atoms with Crippen molar-refractivity contribution in [2.75, 3.05) is 17.6 Å². The Morgan fingerprint density at radius 3 is 2.86 bits per heavy atom. The summed E-state index contributed by atoms with van der Waals surface area (Å²) in [6, 6.07) is 1.79. The summed E-state index contributed by atoms with van der Waals surface area (Å²) in [4.78, 5) is 16.4. The molecule has 3 heterocycles. The van der Waals surface area contributed by atoms with Crippen LogP contribution in [0.15, 0.2) is 37.2 Å². The van der Waals surface area contributed by atoms with E-state index in [-0.39, 0.29) is 5.95 Å². The molecule has 3 aromatic heterocycles. The molecule has 9 heteroatoms. The molecule has 0 amide bonds. The van der Waals surface area contributed by atoms with Gasteiger partial charge in [0.1, 0.15) is 0 Å². The second-order valence-electron chi connectivity index (χ2n) is 4.35. The van der Waals surface area contributed by atoms with Gasteiger partial charge in [-0.3, -0.25) is 0 Å². The lowest BCUT2D eigenvalue weighted by Crippen LogP contribution is -2.13.